The second-order valence-corrected chi connectivity index (χ2v) is 6.24. The Labute approximate surface area is 150 Å². The lowest BCUT2D eigenvalue weighted by Gasteiger charge is -2.20. The van der Waals surface area contributed by atoms with Crippen LogP contribution in [0.4, 0.5) is 4.39 Å². The molecule has 6 nitrogen and oxygen atoms in total. The van der Waals surface area contributed by atoms with Crippen LogP contribution in [0.15, 0.2) is 30.4 Å². The fourth-order valence-corrected chi connectivity index (χ4v) is 2.44. The van der Waals surface area contributed by atoms with Crippen LogP contribution in [0, 0.1) is 11.7 Å². The molecule has 7 heteroatoms. The predicted molar refractivity (Wildman–Crippen MR) is 91.9 cm³/mol. The first kappa shape index (κ1) is 19.8. The first-order valence-electron chi connectivity index (χ1n) is 8.19. The number of ketones is 1. The lowest BCUT2D eigenvalue weighted by molar-refractivity contribution is -0.127. The highest BCUT2D eigenvalue weighted by Crippen LogP contribution is 2.27. The molecule has 1 aliphatic rings. The Morgan fingerprint density at radius 1 is 1.15 bits per heavy atom. The molecule has 1 heterocycles. The molecule has 140 valence electrons. The zero-order chi connectivity index (χ0) is 19.4. The highest BCUT2D eigenvalue weighted by molar-refractivity contribution is 5.97. The standard InChI is InChI=1S/C19H21FO6/c1-10-6-8-16(23)18(24)15(22)5-3-4-12-13(20)7-9-14(21)17(12)19(25)26-11(10)2/h3-4,6-11,15,18,21-22,24H,5H2,1-2H3/b4-3+,8-6-/t10-,11+,15+,18?/m1/s1. The van der Waals surface area contributed by atoms with Crippen molar-refractivity contribution in [2.45, 2.75) is 38.6 Å². The first-order chi connectivity index (χ1) is 12.2. The normalized spacial score (nSPS) is 30.0. The molecule has 2 rings (SSSR count). The number of aromatic hydroxyl groups is 1. The smallest absolute Gasteiger partial charge is 0.342 e. The van der Waals surface area contributed by atoms with Gasteiger partial charge in [0.25, 0.3) is 0 Å². The van der Waals surface area contributed by atoms with Gasteiger partial charge < -0.3 is 20.1 Å². The molecule has 0 aromatic heterocycles. The van der Waals surface area contributed by atoms with E-state index >= 15 is 0 Å². The van der Waals surface area contributed by atoms with Crippen molar-refractivity contribution >= 4 is 17.8 Å². The van der Waals surface area contributed by atoms with E-state index in [1.807, 2.05) is 0 Å². The van der Waals surface area contributed by atoms with E-state index in [1.165, 1.54) is 18.2 Å². The Balaban J connectivity index is 2.50. The van der Waals surface area contributed by atoms with Crippen molar-refractivity contribution in [1.29, 1.82) is 0 Å². The van der Waals surface area contributed by atoms with Crippen molar-refractivity contribution in [1.82, 2.24) is 0 Å². The molecule has 0 radical (unpaired) electrons. The number of aliphatic hydroxyl groups is 2. The number of esters is 1. The third-order valence-electron chi connectivity index (χ3n) is 4.29. The van der Waals surface area contributed by atoms with Gasteiger partial charge in [-0.1, -0.05) is 25.2 Å². The number of carbonyl (C=O) groups excluding carboxylic acids is 2. The minimum absolute atomic E-state index is 0.156. The fourth-order valence-electron chi connectivity index (χ4n) is 2.44. The topological polar surface area (TPSA) is 104 Å². The van der Waals surface area contributed by atoms with E-state index < -0.39 is 47.5 Å². The lowest BCUT2D eigenvalue weighted by Crippen LogP contribution is -2.32. The van der Waals surface area contributed by atoms with Crippen LogP contribution >= 0.6 is 0 Å². The van der Waals surface area contributed by atoms with E-state index in [2.05, 4.69) is 0 Å². The third-order valence-corrected chi connectivity index (χ3v) is 4.29. The molecule has 0 spiro atoms. The summed E-state index contributed by atoms with van der Waals surface area (Å²) in [6.45, 7) is 3.27. The summed E-state index contributed by atoms with van der Waals surface area (Å²) in [5.74, 6) is -3.18. The predicted octanol–water partition coefficient (Wildman–Crippen LogP) is 1.98. The van der Waals surface area contributed by atoms with Gasteiger partial charge in [-0.05, 0) is 31.6 Å². The molecule has 0 bridgehead atoms. The number of phenolic OH excluding ortho intramolecular Hbond substituents is 1. The number of cyclic esters (lactones) is 1. The quantitative estimate of drug-likeness (QED) is 0.608. The highest BCUT2D eigenvalue weighted by Gasteiger charge is 2.25. The number of carbonyl (C=O) groups is 2. The van der Waals surface area contributed by atoms with Gasteiger partial charge in [-0.2, -0.15) is 0 Å². The Kier molecular flexibility index (Phi) is 6.28. The maximum atomic E-state index is 14.2. The van der Waals surface area contributed by atoms with E-state index in [0.717, 1.165) is 18.2 Å². The van der Waals surface area contributed by atoms with Crippen LogP contribution in [0.3, 0.4) is 0 Å². The van der Waals surface area contributed by atoms with Gasteiger partial charge in [-0.25, -0.2) is 9.18 Å². The molecule has 1 aliphatic heterocycles. The molecule has 1 aromatic rings. The number of phenols is 1. The van der Waals surface area contributed by atoms with Crippen LogP contribution in [-0.4, -0.2) is 45.4 Å². The van der Waals surface area contributed by atoms with E-state index in [0.29, 0.717) is 0 Å². The molecule has 26 heavy (non-hydrogen) atoms. The maximum Gasteiger partial charge on any atom is 0.342 e. The summed E-state index contributed by atoms with van der Waals surface area (Å²) < 4.78 is 19.4. The van der Waals surface area contributed by atoms with Gasteiger partial charge in [0.05, 0.1) is 6.10 Å². The molecule has 0 amide bonds. The number of fused-ring (bicyclic) bond motifs is 1. The van der Waals surface area contributed by atoms with E-state index in [-0.39, 0.29) is 17.5 Å². The summed E-state index contributed by atoms with van der Waals surface area (Å²) in [4.78, 5) is 24.3. The Morgan fingerprint density at radius 3 is 2.54 bits per heavy atom. The molecule has 4 atom stereocenters. The molecule has 1 unspecified atom stereocenters. The maximum absolute atomic E-state index is 14.2. The summed E-state index contributed by atoms with van der Waals surface area (Å²) in [7, 11) is 0. The second-order valence-electron chi connectivity index (χ2n) is 6.24. The number of hydrogen-bond acceptors (Lipinski definition) is 6. The molecule has 0 fully saturated rings. The van der Waals surface area contributed by atoms with Crippen molar-refractivity contribution in [2.24, 2.45) is 5.92 Å². The Bertz CT molecular complexity index is 755. The Hall–Kier alpha value is -2.51. The van der Waals surface area contributed by atoms with Gasteiger partial charge in [0, 0.05) is 11.5 Å². The van der Waals surface area contributed by atoms with Crippen LogP contribution in [0.2, 0.25) is 0 Å². The average Bonchev–Trinajstić information content (AvgIpc) is 2.60. The van der Waals surface area contributed by atoms with Gasteiger partial charge in [-0.15, -0.1) is 0 Å². The van der Waals surface area contributed by atoms with Crippen LogP contribution in [-0.2, 0) is 9.53 Å². The van der Waals surface area contributed by atoms with E-state index in [1.54, 1.807) is 13.8 Å². The summed E-state index contributed by atoms with van der Waals surface area (Å²) in [6.07, 6.45) is 1.21. The zero-order valence-electron chi connectivity index (χ0n) is 14.4. The summed E-state index contributed by atoms with van der Waals surface area (Å²) in [6, 6.07) is 2.05. The number of rotatable bonds is 0. The van der Waals surface area contributed by atoms with Crippen molar-refractivity contribution in [3.8, 4) is 5.75 Å². The van der Waals surface area contributed by atoms with Gasteiger partial charge in [0.1, 0.15) is 29.3 Å². The highest BCUT2D eigenvalue weighted by atomic mass is 19.1. The summed E-state index contributed by atoms with van der Waals surface area (Å²) in [5.41, 5.74) is -0.525. The van der Waals surface area contributed by atoms with Gasteiger partial charge in [0.2, 0.25) is 0 Å². The largest absolute Gasteiger partial charge is 0.507 e. The number of aliphatic hydroxyl groups excluding tert-OH is 2. The molecular weight excluding hydrogens is 343 g/mol. The number of halogens is 1. The van der Waals surface area contributed by atoms with Gasteiger partial charge in [-0.3, -0.25) is 4.79 Å². The van der Waals surface area contributed by atoms with Crippen LogP contribution in [0.5, 0.6) is 5.75 Å². The zero-order valence-corrected chi connectivity index (χ0v) is 14.4. The molecule has 0 saturated heterocycles. The molecular formula is C19H21FO6. The molecule has 0 aliphatic carbocycles. The monoisotopic (exact) mass is 364 g/mol. The average molecular weight is 364 g/mol. The van der Waals surface area contributed by atoms with Crippen molar-refractivity contribution < 1.29 is 34.0 Å². The van der Waals surface area contributed by atoms with Gasteiger partial charge >= 0.3 is 5.97 Å². The van der Waals surface area contributed by atoms with E-state index in [4.69, 9.17) is 4.74 Å². The summed E-state index contributed by atoms with van der Waals surface area (Å²) in [5, 5.41) is 29.8. The van der Waals surface area contributed by atoms with Crippen LogP contribution in [0.25, 0.3) is 6.08 Å². The molecule has 0 saturated carbocycles. The third kappa shape index (κ3) is 4.36. The minimum Gasteiger partial charge on any atom is -0.507 e. The number of benzene rings is 1. The van der Waals surface area contributed by atoms with Crippen LogP contribution < -0.4 is 0 Å². The van der Waals surface area contributed by atoms with Gasteiger partial charge in [0.15, 0.2) is 5.78 Å². The SMILES string of the molecule is C[C@@H]1/C=C\C(=O)C(O)[C@@H](O)C/C=C/c2c(F)ccc(O)c2C(=O)O[C@H]1C. The summed E-state index contributed by atoms with van der Waals surface area (Å²) >= 11 is 0. The number of hydrogen-bond donors (Lipinski definition) is 3. The number of ether oxygens (including phenoxy) is 1. The fraction of sp³-hybridized carbons (Fsp3) is 0.368. The lowest BCUT2D eigenvalue weighted by atomic mass is 9.99. The van der Waals surface area contributed by atoms with Crippen LogP contribution in [0.1, 0.15) is 36.2 Å². The van der Waals surface area contributed by atoms with Crippen molar-refractivity contribution in [3.05, 3.63) is 47.3 Å². The first-order valence-corrected chi connectivity index (χ1v) is 8.19. The molecule has 3 N–H and O–H groups in total. The Morgan fingerprint density at radius 2 is 1.85 bits per heavy atom. The second kappa shape index (κ2) is 8.25. The van der Waals surface area contributed by atoms with Crippen molar-refractivity contribution in [2.75, 3.05) is 0 Å². The minimum atomic E-state index is -1.63. The molecule has 1 aromatic carbocycles. The van der Waals surface area contributed by atoms with Crippen molar-refractivity contribution in [3.63, 3.8) is 0 Å². The van der Waals surface area contributed by atoms with E-state index in [9.17, 15) is 29.3 Å².